The topological polar surface area (TPSA) is 34.2 Å². The summed E-state index contributed by atoms with van der Waals surface area (Å²) in [6.07, 6.45) is 2.04. The van der Waals surface area contributed by atoms with Crippen molar-refractivity contribution in [2.24, 2.45) is 0 Å². The van der Waals surface area contributed by atoms with Crippen LogP contribution in [0.2, 0.25) is 5.02 Å². The fraction of sp³-hybridized carbons (Fsp3) is 0.214. The number of thioether (sulfide) groups is 1. The van der Waals surface area contributed by atoms with Gasteiger partial charge in [-0.1, -0.05) is 11.6 Å². The highest BCUT2D eigenvalue weighted by Crippen LogP contribution is 2.25. The van der Waals surface area contributed by atoms with Gasteiger partial charge >= 0.3 is 0 Å². The molecule has 0 amide bonds. The van der Waals surface area contributed by atoms with Gasteiger partial charge in [0, 0.05) is 17.5 Å². The Labute approximate surface area is 122 Å². The van der Waals surface area contributed by atoms with Gasteiger partial charge in [-0.15, -0.1) is 11.8 Å². The van der Waals surface area contributed by atoms with Crippen molar-refractivity contribution in [2.45, 2.75) is 11.4 Å². The van der Waals surface area contributed by atoms with E-state index in [0.717, 1.165) is 11.4 Å². The number of halogens is 1. The van der Waals surface area contributed by atoms with E-state index >= 15 is 0 Å². The van der Waals surface area contributed by atoms with Crippen molar-refractivity contribution in [1.29, 1.82) is 0 Å². The summed E-state index contributed by atoms with van der Waals surface area (Å²) < 4.78 is 5.71. The summed E-state index contributed by atoms with van der Waals surface area (Å²) in [7, 11) is 1.85. The van der Waals surface area contributed by atoms with Crippen LogP contribution in [0.5, 0.6) is 11.6 Å². The van der Waals surface area contributed by atoms with Gasteiger partial charge in [-0.05, 0) is 43.6 Å². The van der Waals surface area contributed by atoms with Crippen LogP contribution in [0.15, 0.2) is 41.3 Å². The summed E-state index contributed by atoms with van der Waals surface area (Å²) >= 11 is 7.75. The molecule has 19 heavy (non-hydrogen) atoms. The Bertz CT molecular complexity index is 546. The molecule has 0 aliphatic heterocycles. The number of hydrogen-bond acceptors (Lipinski definition) is 4. The fourth-order valence-electron chi connectivity index (χ4n) is 1.58. The van der Waals surface area contributed by atoms with Crippen molar-refractivity contribution >= 4 is 23.4 Å². The molecule has 0 saturated heterocycles. The lowest BCUT2D eigenvalue weighted by molar-refractivity contribution is 0.459. The summed E-state index contributed by atoms with van der Waals surface area (Å²) in [6, 6.07) is 11.5. The molecule has 0 aliphatic carbocycles. The largest absolute Gasteiger partial charge is 0.439 e. The van der Waals surface area contributed by atoms with Crippen LogP contribution in [0.1, 0.15) is 5.69 Å². The molecule has 1 aromatic carbocycles. The van der Waals surface area contributed by atoms with Crippen LogP contribution < -0.4 is 10.1 Å². The van der Waals surface area contributed by atoms with E-state index in [4.69, 9.17) is 16.3 Å². The molecule has 1 heterocycles. The van der Waals surface area contributed by atoms with E-state index in [1.54, 1.807) is 23.9 Å². The molecule has 0 radical (unpaired) electrons. The number of aromatic nitrogens is 1. The molecule has 0 fully saturated rings. The fourth-order valence-corrected chi connectivity index (χ4v) is 2.16. The molecule has 0 atom stereocenters. The maximum absolute atomic E-state index is 6.06. The number of rotatable bonds is 5. The second-order valence-corrected chi connectivity index (χ2v) is 5.17. The molecule has 0 saturated carbocycles. The molecule has 100 valence electrons. The van der Waals surface area contributed by atoms with Gasteiger partial charge in [-0.2, -0.15) is 0 Å². The van der Waals surface area contributed by atoms with Crippen LogP contribution in [0, 0.1) is 0 Å². The van der Waals surface area contributed by atoms with Crippen molar-refractivity contribution < 1.29 is 4.74 Å². The van der Waals surface area contributed by atoms with Gasteiger partial charge in [0.1, 0.15) is 5.75 Å². The van der Waals surface area contributed by atoms with E-state index in [9.17, 15) is 0 Å². The first kappa shape index (κ1) is 14.2. The van der Waals surface area contributed by atoms with Gasteiger partial charge in [0.25, 0.3) is 0 Å². The lowest BCUT2D eigenvalue weighted by atomic mass is 10.3. The Morgan fingerprint density at radius 3 is 2.58 bits per heavy atom. The minimum Gasteiger partial charge on any atom is -0.439 e. The van der Waals surface area contributed by atoms with Crippen LogP contribution in [0.3, 0.4) is 0 Å². The number of ether oxygens (including phenoxy) is 1. The zero-order chi connectivity index (χ0) is 13.7. The third-order valence-corrected chi connectivity index (χ3v) is 3.61. The van der Waals surface area contributed by atoms with Crippen LogP contribution in [-0.4, -0.2) is 18.3 Å². The summed E-state index contributed by atoms with van der Waals surface area (Å²) in [5.74, 6) is 1.31. The average Bonchev–Trinajstić information content (AvgIpc) is 2.44. The first-order valence-corrected chi connectivity index (χ1v) is 7.45. The van der Waals surface area contributed by atoms with Crippen molar-refractivity contribution in [3.05, 3.63) is 47.1 Å². The van der Waals surface area contributed by atoms with Gasteiger partial charge in [-0.3, -0.25) is 0 Å². The molecule has 0 spiro atoms. The third-order valence-electron chi connectivity index (χ3n) is 2.52. The Kier molecular flexibility index (Phi) is 5.07. The number of pyridine rings is 1. The highest BCUT2D eigenvalue weighted by atomic mass is 35.5. The Morgan fingerprint density at radius 1 is 1.21 bits per heavy atom. The molecule has 0 unspecified atom stereocenters. The van der Waals surface area contributed by atoms with Crippen molar-refractivity contribution in [3.8, 4) is 11.6 Å². The molecule has 0 aliphatic rings. The minimum atomic E-state index is 0.548. The SMILES string of the molecule is CNCc1nc(Oc2ccc(SC)cc2)ccc1Cl. The van der Waals surface area contributed by atoms with E-state index in [1.165, 1.54) is 4.90 Å². The minimum absolute atomic E-state index is 0.548. The molecular formula is C14H15ClN2OS. The molecule has 5 heteroatoms. The van der Waals surface area contributed by atoms with Crippen LogP contribution in [0.4, 0.5) is 0 Å². The van der Waals surface area contributed by atoms with Gasteiger partial charge in [-0.25, -0.2) is 4.98 Å². The molecular weight excluding hydrogens is 280 g/mol. The first-order valence-electron chi connectivity index (χ1n) is 5.85. The summed E-state index contributed by atoms with van der Waals surface area (Å²) in [5.41, 5.74) is 0.780. The number of benzene rings is 1. The van der Waals surface area contributed by atoms with E-state index < -0.39 is 0 Å². The van der Waals surface area contributed by atoms with Crippen molar-refractivity contribution in [3.63, 3.8) is 0 Å². The molecule has 0 bridgehead atoms. The molecule has 1 N–H and O–H groups in total. The van der Waals surface area contributed by atoms with Crippen molar-refractivity contribution in [2.75, 3.05) is 13.3 Å². The van der Waals surface area contributed by atoms with Gasteiger partial charge in [0.2, 0.25) is 5.88 Å². The van der Waals surface area contributed by atoms with E-state index in [1.807, 2.05) is 37.6 Å². The monoisotopic (exact) mass is 294 g/mol. The maximum atomic E-state index is 6.06. The zero-order valence-electron chi connectivity index (χ0n) is 10.8. The lowest BCUT2D eigenvalue weighted by Crippen LogP contribution is -2.07. The standard InChI is InChI=1S/C14H15ClN2OS/c1-16-9-13-12(15)7-8-14(17-13)18-10-3-5-11(19-2)6-4-10/h3-8,16H,9H2,1-2H3. The smallest absolute Gasteiger partial charge is 0.219 e. The highest BCUT2D eigenvalue weighted by Gasteiger charge is 2.05. The second-order valence-electron chi connectivity index (χ2n) is 3.89. The number of nitrogens with zero attached hydrogens (tertiary/aromatic N) is 1. The van der Waals surface area contributed by atoms with Gasteiger partial charge in [0.15, 0.2) is 0 Å². The normalized spacial score (nSPS) is 10.5. The predicted octanol–water partition coefficient (Wildman–Crippen LogP) is 3.97. The summed E-state index contributed by atoms with van der Waals surface area (Å²) in [5, 5.41) is 3.66. The van der Waals surface area contributed by atoms with Gasteiger partial charge < -0.3 is 10.1 Å². The second kappa shape index (κ2) is 6.80. The maximum Gasteiger partial charge on any atom is 0.219 e. The number of hydrogen-bond donors (Lipinski definition) is 1. The average molecular weight is 295 g/mol. The summed E-state index contributed by atoms with van der Waals surface area (Å²) in [4.78, 5) is 5.58. The third kappa shape index (κ3) is 3.86. The molecule has 2 rings (SSSR count). The predicted molar refractivity (Wildman–Crippen MR) is 80.3 cm³/mol. The van der Waals surface area contributed by atoms with Crippen LogP contribution >= 0.6 is 23.4 Å². The number of nitrogens with one attached hydrogen (secondary N) is 1. The molecule has 2 aromatic rings. The van der Waals surface area contributed by atoms with Crippen LogP contribution in [-0.2, 0) is 6.54 Å². The Hall–Kier alpha value is -1.23. The quantitative estimate of drug-likeness (QED) is 0.846. The zero-order valence-corrected chi connectivity index (χ0v) is 12.4. The van der Waals surface area contributed by atoms with Gasteiger partial charge in [0.05, 0.1) is 10.7 Å². The van der Waals surface area contributed by atoms with Crippen molar-refractivity contribution in [1.82, 2.24) is 10.3 Å². The van der Waals surface area contributed by atoms with E-state index in [-0.39, 0.29) is 0 Å². The van der Waals surface area contributed by atoms with E-state index in [2.05, 4.69) is 10.3 Å². The van der Waals surface area contributed by atoms with Crippen LogP contribution in [0.25, 0.3) is 0 Å². The Morgan fingerprint density at radius 2 is 1.95 bits per heavy atom. The summed E-state index contributed by atoms with van der Waals surface area (Å²) in [6.45, 7) is 0.613. The first-order chi connectivity index (χ1) is 9.22. The highest BCUT2D eigenvalue weighted by molar-refractivity contribution is 7.98. The molecule has 3 nitrogen and oxygen atoms in total. The van der Waals surface area contributed by atoms with E-state index in [0.29, 0.717) is 17.4 Å². The Balaban J connectivity index is 2.15. The lowest BCUT2D eigenvalue weighted by Gasteiger charge is -2.08. The molecule has 1 aromatic heterocycles.